The standard InChI is InChI=1S/C32H31N3O7S/c36-27-11-6-10-23-24(27)13-14-28(42-29(19-35-18-17-33-21-35)22-7-2-1-3-8-22)26(23)20-43(40,41)30-12-5-4-9-25(30)32(39)34-16-15-31(37)38/h1-5,7-9,12-14,17-18,21,29H,6,10-11,15-16,19-20H2,(H,34,39)(H,37,38)/t29-/m1/s1. The Morgan fingerprint density at radius 3 is 2.53 bits per heavy atom. The maximum absolute atomic E-state index is 14.0. The second-order valence-corrected chi connectivity index (χ2v) is 12.2. The highest BCUT2D eigenvalue weighted by Crippen LogP contribution is 2.37. The molecule has 11 heteroatoms. The highest BCUT2D eigenvalue weighted by atomic mass is 32.2. The van der Waals surface area contributed by atoms with Crippen molar-refractivity contribution in [2.24, 2.45) is 0 Å². The number of hydrogen-bond acceptors (Lipinski definition) is 7. The topological polar surface area (TPSA) is 145 Å². The van der Waals surface area contributed by atoms with Crippen molar-refractivity contribution >= 4 is 27.5 Å². The van der Waals surface area contributed by atoms with Crippen molar-refractivity contribution in [1.29, 1.82) is 0 Å². The van der Waals surface area contributed by atoms with Crippen LogP contribution in [0, 0.1) is 0 Å². The molecular weight excluding hydrogens is 570 g/mol. The molecule has 1 aliphatic rings. The van der Waals surface area contributed by atoms with Gasteiger partial charge < -0.3 is 19.7 Å². The normalized spacial score (nSPS) is 13.6. The molecule has 0 fully saturated rings. The summed E-state index contributed by atoms with van der Waals surface area (Å²) in [6.07, 6.45) is 5.84. The third-order valence-electron chi connectivity index (χ3n) is 7.32. The van der Waals surface area contributed by atoms with Crippen molar-refractivity contribution in [3.63, 3.8) is 0 Å². The first-order valence-electron chi connectivity index (χ1n) is 13.9. The molecule has 4 aromatic rings. The number of sulfone groups is 1. The van der Waals surface area contributed by atoms with Gasteiger partial charge in [-0.25, -0.2) is 13.4 Å². The molecule has 0 radical (unpaired) electrons. The van der Waals surface area contributed by atoms with E-state index in [-0.39, 0.29) is 29.2 Å². The van der Waals surface area contributed by atoms with Gasteiger partial charge in [0.05, 0.1) is 35.5 Å². The Hall–Kier alpha value is -4.77. The van der Waals surface area contributed by atoms with E-state index in [1.54, 1.807) is 30.7 Å². The van der Waals surface area contributed by atoms with Gasteiger partial charge >= 0.3 is 5.97 Å². The van der Waals surface area contributed by atoms with Crippen LogP contribution in [0.25, 0.3) is 0 Å². The highest BCUT2D eigenvalue weighted by Gasteiger charge is 2.30. The summed E-state index contributed by atoms with van der Waals surface area (Å²) in [6, 6.07) is 18.7. The fourth-order valence-electron chi connectivity index (χ4n) is 5.24. The lowest BCUT2D eigenvalue weighted by Gasteiger charge is -2.26. The van der Waals surface area contributed by atoms with Crippen LogP contribution in [0.2, 0.25) is 0 Å². The number of carbonyl (C=O) groups excluding carboxylic acids is 2. The van der Waals surface area contributed by atoms with Crippen LogP contribution in [0.3, 0.4) is 0 Å². The summed E-state index contributed by atoms with van der Waals surface area (Å²) in [6.45, 7) is 0.262. The number of aliphatic carboxylic acids is 1. The molecule has 1 aromatic heterocycles. The van der Waals surface area contributed by atoms with Crippen LogP contribution in [-0.2, 0) is 33.4 Å². The molecule has 0 unspecified atom stereocenters. The van der Waals surface area contributed by atoms with Crippen LogP contribution >= 0.6 is 0 Å². The van der Waals surface area contributed by atoms with Gasteiger partial charge in [-0.05, 0) is 48.2 Å². The molecule has 0 saturated heterocycles. The molecule has 1 aliphatic carbocycles. The minimum atomic E-state index is -4.14. The van der Waals surface area contributed by atoms with E-state index in [4.69, 9.17) is 9.84 Å². The fraction of sp³-hybridized carbons (Fsp3) is 0.250. The van der Waals surface area contributed by atoms with E-state index in [0.717, 1.165) is 5.56 Å². The molecule has 0 aliphatic heterocycles. The van der Waals surface area contributed by atoms with Crippen molar-refractivity contribution in [1.82, 2.24) is 14.9 Å². The average Bonchev–Trinajstić information content (AvgIpc) is 3.51. The minimum absolute atomic E-state index is 0.0531. The molecule has 0 bridgehead atoms. The summed E-state index contributed by atoms with van der Waals surface area (Å²) in [7, 11) is -4.14. The van der Waals surface area contributed by atoms with Crippen LogP contribution in [-0.4, -0.2) is 47.3 Å². The average molecular weight is 602 g/mol. The van der Waals surface area contributed by atoms with Crippen LogP contribution in [0.1, 0.15) is 62.8 Å². The van der Waals surface area contributed by atoms with Crippen molar-refractivity contribution in [2.45, 2.75) is 49.0 Å². The maximum Gasteiger partial charge on any atom is 0.305 e. The zero-order valence-electron chi connectivity index (χ0n) is 23.3. The van der Waals surface area contributed by atoms with E-state index < -0.39 is 33.6 Å². The number of carbonyl (C=O) groups is 3. The van der Waals surface area contributed by atoms with Crippen molar-refractivity contribution < 1.29 is 32.6 Å². The lowest BCUT2D eigenvalue weighted by molar-refractivity contribution is -0.136. The number of amides is 1. The minimum Gasteiger partial charge on any atom is -0.484 e. The van der Waals surface area contributed by atoms with Gasteiger partial charge in [0.15, 0.2) is 15.6 Å². The molecule has 5 rings (SSSR count). The summed E-state index contributed by atoms with van der Waals surface area (Å²) in [5.74, 6) is -1.98. The number of benzene rings is 3. The van der Waals surface area contributed by atoms with Gasteiger partial charge in [-0.15, -0.1) is 0 Å². The third-order valence-corrected chi connectivity index (χ3v) is 9.02. The Morgan fingerprint density at radius 1 is 1.02 bits per heavy atom. The predicted molar refractivity (Wildman–Crippen MR) is 158 cm³/mol. The summed E-state index contributed by atoms with van der Waals surface area (Å²) in [5, 5.41) is 11.4. The molecule has 1 amide bonds. The van der Waals surface area contributed by atoms with Crippen molar-refractivity contribution in [3.8, 4) is 5.75 Å². The first-order chi connectivity index (χ1) is 20.7. The number of nitrogens with one attached hydrogen (secondary N) is 1. The molecule has 43 heavy (non-hydrogen) atoms. The van der Waals surface area contributed by atoms with Gasteiger partial charge in [0.1, 0.15) is 11.9 Å². The van der Waals surface area contributed by atoms with E-state index in [2.05, 4.69) is 10.3 Å². The molecular formula is C32H31N3O7S. The number of rotatable bonds is 12. The summed E-state index contributed by atoms with van der Waals surface area (Å²) in [4.78, 5) is 40.6. The monoisotopic (exact) mass is 601 g/mol. The van der Waals surface area contributed by atoms with E-state index in [0.29, 0.717) is 48.2 Å². The highest BCUT2D eigenvalue weighted by molar-refractivity contribution is 7.90. The Bertz CT molecular complexity index is 1740. The number of ether oxygens (including phenoxy) is 1. The Balaban J connectivity index is 1.54. The SMILES string of the molecule is O=C(O)CCNC(=O)c1ccccc1S(=O)(=O)Cc1c(O[C@H](Cn2ccnc2)c2ccccc2)ccc2c1CCCC2=O. The van der Waals surface area contributed by atoms with Crippen molar-refractivity contribution in [2.75, 3.05) is 6.54 Å². The fourth-order valence-corrected chi connectivity index (χ4v) is 6.87. The molecule has 10 nitrogen and oxygen atoms in total. The van der Waals surface area contributed by atoms with E-state index in [1.165, 1.54) is 18.2 Å². The summed E-state index contributed by atoms with van der Waals surface area (Å²) in [5.41, 5.74) is 2.29. The number of carboxylic acid groups (broad SMARTS) is 1. The summed E-state index contributed by atoms with van der Waals surface area (Å²) < 4.78 is 36.5. The van der Waals surface area contributed by atoms with Gasteiger partial charge in [0, 0.05) is 36.5 Å². The number of ketones is 1. The largest absolute Gasteiger partial charge is 0.484 e. The molecule has 222 valence electrons. The smallest absolute Gasteiger partial charge is 0.305 e. The number of imidazole rings is 1. The van der Waals surface area contributed by atoms with Gasteiger partial charge in [-0.2, -0.15) is 0 Å². The second kappa shape index (κ2) is 13.0. The number of Topliss-reactive ketones (excluding diaryl/α,β-unsaturated/α-hetero) is 1. The molecule has 3 aromatic carbocycles. The number of carboxylic acids is 1. The zero-order valence-corrected chi connectivity index (χ0v) is 24.1. The quantitative estimate of drug-likeness (QED) is 0.243. The van der Waals surface area contributed by atoms with Crippen LogP contribution in [0.4, 0.5) is 0 Å². The zero-order chi connectivity index (χ0) is 30.4. The first kappa shape index (κ1) is 29.7. The van der Waals surface area contributed by atoms with Gasteiger partial charge in [-0.1, -0.05) is 42.5 Å². The summed E-state index contributed by atoms with van der Waals surface area (Å²) >= 11 is 0. The van der Waals surface area contributed by atoms with Gasteiger partial charge in [0.25, 0.3) is 5.91 Å². The van der Waals surface area contributed by atoms with E-state index in [9.17, 15) is 22.8 Å². The molecule has 1 atom stereocenters. The molecule has 1 heterocycles. The van der Waals surface area contributed by atoms with Crippen LogP contribution in [0.15, 0.2) is 90.3 Å². The van der Waals surface area contributed by atoms with E-state index in [1.807, 2.05) is 41.1 Å². The number of hydrogen-bond donors (Lipinski definition) is 2. The lowest BCUT2D eigenvalue weighted by atomic mass is 9.87. The molecule has 0 saturated carbocycles. The van der Waals surface area contributed by atoms with Gasteiger partial charge in [-0.3, -0.25) is 14.4 Å². The number of fused-ring (bicyclic) bond motifs is 1. The van der Waals surface area contributed by atoms with Crippen LogP contribution in [0.5, 0.6) is 5.75 Å². The van der Waals surface area contributed by atoms with Crippen LogP contribution < -0.4 is 10.1 Å². The van der Waals surface area contributed by atoms with E-state index >= 15 is 0 Å². The van der Waals surface area contributed by atoms with Gasteiger partial charge in [0.2, 0.25) is 0 Å². The predicted octanol–water partition coefficient (Wildman–Crippen LogP) is 4.40. The first-order valence-corrected chi connectivity index (χ1v) is 15.5. The Morgan fingerprint density at radius 2 is 1.79 bits per heavy atom. The second-order valence-electron chi connectivity index (χ2n) is 10.3. The Labute approximate surface area is 249 Å². The lowest BCUT2D eigenvalue weighted by Crippen LogP contribution is -2.27. The number of nitrogens with zero attached hydrogens (tertiary/aromatic N) is 2. The third kappa shape index (κ3) is 7.00. The molecule has 2 N–H and O–H groups in total. The molecule has 0 spiro atoms. The number of aromatic nitrogens is 2. The Kier molecular flexibility index (Phi) is 9.01. The van der Waals surface area contributed by atoms with Crippen molar-refractivity contribution in [3.05, 3.63) is 113 Å². The maximum atomic E-state index is 14.0.